The van der Waals surface area contributed by atoms with Gasteiger partial charge in [0.25, 0.3) is 0 Å². The maximum absolute atomic E-state index is 12.1. The zero-order chi connectivity index (χ0) is 16.5. The predicted molar refractivity (Wildman–Crippen MR) is 86.1 cm³/mol. The number of amides is 1. The molecule has 1 amide bonds. The molecule has 0 radical (unpaired) electrons. The summed E-state index contributed by atoms with van der Waals surface area (Å²) < 4.78 is 5.17. The van der Waals surface area contributed by atoms with E-state index >= 15 is 0 Å². The van der Waals surface area contributed by atoms with Crippen LogP contribution in [0.5, 0.6) is 0 Å². The molecule has 0 aromatic heterocycles. The van der Waals surface area contributed by atoms with Crippen molar-refractivity contribution in [2.75, 3.05) is 0 Å². The quantitative estimate of drug-likeness (QED) is 0.722. The fraction of sp³-hybridized carbons (Fsp3) is 0.529. The van der Waals surface area contributed by atoms with Gasteiger partial charge in [-0.2, -0.15) is 0 Å². The van der Waals surface area contributed by atoms with Crippen LogP contribution in [0.4, 0.5) is 0 Å². The number of carbonyl (C=O) groups excluding carboxylic acids is 2. The molecule has 5 nitrogen and oxygen atoms in total. The normalized spacial score (nSPS) is 13.5. The van der Waals surface area contributed by atoms with Crippen molar-refractivity contribution in [2.24, 2.45) is 5.73 Å². The third kappa shape index (κ3) is 6.26. The molecule has 1 rings (SSSR count). The molecule has 0 aliphatic heterocycles. The standard InChI is InChI=1S/C17H26N2O3/c1-4-8-14(18)17(21)19-15(11-16(20)22-12(2)3)13-9-6-5-7-10-13/h5-7,9-10,12,14-15H,4,8,11,18H2,1-3H3,(H,19,21). The van der Waals surface area contributed by atoms with Crippen LogP contribution in [0, 0.1) is 0 Å². The largest absolute Gasteiger partial charge is 0.463 e. The number of nitrogens with two attached hydrogens (primary N) is 1. The van der Waals surface area contributed by atoms with Crippen LogP contribution in [-0.4, -0.2) is 24.0 Å². The van der Waals surface area contributed by atoms with Crippen molar-refractivity contribution < 1.29 is 14.3 Å². The van der Waals surface area contributed by atoms with E-state index in [4.69, 9.17) is 10.5 Å². The van der Waals surface area contributed by atoms with E-state index in [-0.39, 0.29) is 24.4 Å². The van der Waals surface area contributed by atoms with Crippen LogP contribution in [0.1, 0.15) is 51.6 Å². The molecule has 0 fully saturated rings. The maximum atomic E-state index is 12.1. The van der Waals surface area contributed by atoms with Crippen molar-refractivity contribution in [3.63, 3.8) is 0 Å². The summed E-state index contributed by atoms with van der Waals surface area (Å²) >= 11 is 0. The number of carbonyl (C=O) groups is 2. The number of hydrogen-bond donors (Lipinski definition) is 2. The van der Waals surface area contributed by atoms with E-state index < -0.39 is 12.1 Å². The highest BCUT2D eigenvalue weighted by Gasteiger charge is 2.22. The minimum absolute atomic E-state index is 0.0901. The monoisotopic (exact) mass is 306 g/mol. The van der Waals surface area contributed by atoms with Gasteiger partial charge >= 0.3 is 5.97 Å². The molecule has 0 saturated carbocycles. The summed E-state index contributed by atoms with van der Waals surface area (Å²) in [5.74, 6) is -0.582. The summed E-state index contributed by atoms with van der Waals surface area (Å²) in [5.41, 5.74) is 6.70. The number of nitrogens with one attached hydrogen (secondary N) is 1. The van der Waals surface area contributed by atoms with Crippen LogP contribution < -0.4 is 11.1 Å². The number of ether oxygens (including phenoxy) is 1. The molecule has 0 aliphatic carbocycles. The highest BCUT2D eigenvalue weighted by Crippen LogP contribution is 2.18. The molecule has 1 aromatic carbocycles. The molecule has 5 heteroatoms. The van der Waals surface area contributed by atoms with Crippen LogP contribution in [0.3, 0.4) is 0 Å². The molecule has 2 atom stereocenters. The van der Waals surface area contributed by atoms with Crippen molar-refractivity contribution >= 4 is 11.9 Å². The molecule has 22 heavy (non-hydrogen) atoms. The molecule has 0 saturated heterocycles. The second kappa shape index (κ2) is 9.20. The summed E-state index contributed by atoms with van der Waals surface area (Å²) in [6.07, 6.45) is 1.36. The number of benzene rings is 1. The van der Waals surface area contributed by atoms with E-state index in [0.29, 0.717) is 6.42 Å². The van der Waals surface area contributed by atoms with Gasteiger partial charge in [0.15, 0.2) is 0 Å². The molecular weight excluding hydrogens is 280 g/mol. The predicted octanol–water partition coefficient (Wildman–Crippen LogP) is 2.31. The Balaban J connectivity index is 2.79. The fourth-order valence-electron chi connectivity index (χ4n) is 2.14. The highest BCUT2D eigenvalue weighted by molar-refractivity contribution is 5.82. The van der Waals surface area contributed by atoms with Crippen molar-refractivity contribution in [2.45, 2.75) is 58.2 Å². The molecule has 3 N–H and O–H groups in total. The van der Waals surface area contributed by atoms with Gasteiger partial charge in [-0.1, -0.05) is 43.7 Å². The molecular formula is C17H26N2O3. The van der Waals surface area contributed by atoms with E-state index in [1.165, 1.54) is 0 Å². The lowest BCUT2D eigenvalue weighted by molar-refractivity contribution is -0.148. The zero-order valence-electron chi connectivity index (χ0n) is 13.5. The third-order valence-corrected chi connectivity index (χ3v) is 3.19. The van der Waals surface area contributed by atoms with E-state index in [2.05, 4.69) is 5.32 Å². The Bertz CT molecular complexity index is 474. The second-order valence-corrected chi connectivity index (χ2v) is 5.61. The van der Waals surface area contributed by atoms with Crippen LogP contribution >= 0.6 is 0 Å². The Morgan fingerprint density at radius 2 is 1.86 bits per heavy atom. The van der Waals surface area contributed by atoms with Crippen molar-refractivity contribution in [1.82, 2.24) is 5.32 Å². The Morgan fingerprint density at radius 1 is 1.23 bits per heavy atom. The maximum Gasteiger partial charge on any atom is 0.308 e. The topological polar surface area (TPSA) is 81.4 Å². The molecule has 0 aliphatic rings. The first-order valence-electron chi connectivity index (χ1n) is 7.74. The van der Waals surface area contributed by atoms with Gasteiger partial charge in [-0.3, -0.25) is 9.59 Å². The highest BCUT2D eigenvalue weighted by atomic mass is 16.5. The lowest BCUT2D eigenvalue weighted by Gasteiger charge is -2.21. The summed E-state index contributed by atoms with van der Waals surface area (Å²) in [4.78, 5) is 24.0. The van der Waals surface area contributed by atoms with Gasteiger partial charge in [-0.15, -0.1) is 0 Å². The first kappa shape index (κ1) is 18.2. The SMILES string of the molecule is CCCC(N)C(=O)NC(CC(=O)OC(C)C)c1ccccc1. The molecule has 0 heterocycles. The van der Waals surface area contributed by atoms with Gasteiger partial charge in [0, 0.05) is 0 Å². The van der Waals surface area contributed by atoms with Crippen molar-refractivity contribution in [1.29, 1.82) is 0 Å². The minimum Gasteiger partial charge on any atom is -0.463 e. The van der Waals surface area contributed by atoms with Crippen LogP contribution in [0.25, 0.3) is 0 Å². The van der Waals surface area contributed by atoms with E-state index in [1.807, 2.05) is 37.3 Å². The summed E-state index contributed by atoms with van der Waals surface area (Å²) in [7, 11) is 0. The Hall–Kier alpha value is -1.88. The average molecular weight is 306 g/mol. The first-order chi connectivity index (χ1) is 10.4. The molecule has 0 spiro atoms. The van der Waals surface area contributed by atoms with Gasteiger partial charge in [0.1, 0.15) is 0 Å². The number of esters is 1. The summed E-state index contributed by atoms with van der Waals surface area (Å²) in [6.45, 7) is 5.57. The van der Waals surface area contributed by atoms with Gasteiger partial charge in [-0.25, -0.2) is 0 Å². The molecule has 2 unspecified atom stereocenters. The fourth-order valence-corrected chi connectivity index (χ4v) is 2.14. The second-order valence-electron chi connectivity index (χ2n) is 5.61. The van der Waals surface area contributed by atoms with Crippen LogP contribution in [-0.2, 0) is 14.3 Å². The Labute approximate surface area is 132 Å². The smallest absolute Gasteiger partial charge is 0.308 e. The summed E-state index contributed by atoms with van der Waals surface area (Å²) in [6, 6.07) is 8.39. The minimum atomic E-state index is -0.558. The van der Waals surface area contributed by atoms with Gasteiger partial charge in [0.05, 0.1) is 24.6 Å². The lowest BCUT2D eigenvalue weighted by Crippen LogP contribution is -2.42. The van der Waals surface area contributed by atoms with E-state index in [9.17, 15) is 9.59 Å². The van der Waals surface area contributed by atoms with Crippen LogP contribution in [0.15, 0.2) is 30.3 Å². The van der Waals surface area contributed by atoms with Gasteiger partial charge < -0.3 is 15.8 Å². The Morgan fingerprint density at radius 3 is 2.41 bits per heavy atom. The number of rotatable bonds is 8. The van der Waals surface area contributed by atoms with Gasteiger partial charge in [-0.05, 0) is 25.8 Å². The number of hydrogen-bond acceptors (Lipinski definition) is 4. The zero-order valence-corrected chi connectivity index (χ0v) is 13.5. The average Bonchev–Trinajstić information content (AvgIpc) is 2.46. The van der Waals surface area contributed by atoms with Crippen molar-refractivity contribution in [3.8, 4) is 0 Å². The van der Waals surface area contributed by atoms with E-state index in [1.54, 1.807) is 13.8 Å². The van der Waals surface area contributed by atoms with Crippen LogP contribution in [0.2, 0.25) is 0 Å². The molecule has 0 bridgehead atoms. The summed E-state index contributed by atoms with van der Waals surface area (Å²) in [5, 5.41) is 2.86. The molecule has 1 aromatic rings. The molecule has 122 valence electrons. The third-order valence-electron chi connectivity index (χ3n) is 3.19. The van der Waals surface area contributed by atoms with E-state index in [0.717, 1.165) is 12.0 Å². The Kier molecular flexibility index (Phi) is 7.60. The van der Waals surface area contributed by atoms with Crippen molar-refractivity contribution in [3.05, 3.63) is 35.9 Å². The lowest BCUT2D eigenvalue weighted by atomic mass is 10.0. The first-order valence-corrected chi connectivity index (χ1v) is 7.74. The van der Waals surface area contributed by atoms with Gasteiger partial charge in [0.2, 0.25) is 5.91 Å².